The number of nitrogens with one attached hydrogen (secondary N) is 1. The second-order valence-corrected chi connectivity index (χ2v) is 5.97. The number of halogens is 4. The van der Waals surface area contributed by atoms with Gasteiger partial charge in [0.15, 0.2) is 29.1 Å². The third-order valence-corrected chi connectivity index (χ3v) is 3.03. The van der Waals surface area contributed by atoms with E-state index in [1.54, 1.807) is 0 Å². The number of hydrogen-bond donors (Lipinski definition) is 1. The Balaban J connectivity index is 2.31. The number of aromatic nitrogens is 2. The van der Waals surface area contributed by atoms with Gasteiger partial charge in [0.25, 0.3) is 0 Å². The molecule has 0 radical (unpaired) electrons. The Morgan fingerprint density at radius 1 is 1.19 bits per heavy atom. The summed E-state index contributed by atoms with van der Waals surface area (Å²) in [5.41, 5.74) is -0.846. The highest BCUT2D eigenvalue weighted by atomic mass is 32.2. The molecule has 0 aliphatic heterocycles. The minimum absolute atomic E-state index is 0.0878. The minimum Gasteiger partial charge on any atom is -0.266 e. The van der Waals surface area contributed by atoms with E-state index in [1.807, 2.05) is 4.72 Å². The van der Waals surface area contributed by atoms with Crippen LogP contribution in [0, 0.1) is 23.3 Å². The van der Waals surface area contributed by atoms with E-state index in [0.29, 0.717) is 0 Å². The van der Waals surface area contributed by atoms with Gasteiger partial charge in [-0.2, -0.15) is 5.10 Å². The van der Waals surface area contributed by atoms with Gasteiger partial charge in [-0.1, -0.05) is 0 Å². The van der Waals surface area contributed by atoms with Gasteiger partial charge < -0.3 is 0 Å². The topological polar surface area (TPSA) is 64.0 Å². The molecule has 0 saturated carbocycles. The van der Waals surface area contributed by atoms with Gasteiger partial charge >= 0.3 is 0 Å². The molecule has 1 aromatic heterocycles. The summed E-state index contributed by atoms with van der Waals surface area (Å²) in [6.07, 6.45) is 2.10. The van der Waals surface area contributed by atoms with Gasteiger partial charge in [-0.3, -0.25) is 9.40 Å². The molecule has 5 nitrogen and oxygen atoms in total. The Morgan fingerprint density at radius 3 is 2.29 bits per heavy atom. The van der Waals surface area contributed by atoms with E-state index < -0.39 is 45.4 Å². The van der Waals surface area contributed by atoms with Crippen molar-refractivity contribution in [1.29, 1.82) is 0 Å². The fraction of sp³-hybridized carbons (Fsp3) is 0.182. The maximum atomic E-state index is 13.5. The van der Waals surface area contributed by atoms with E-state index >= 15 is 0 Å². The Bertz CT molecular complexity index is 763. The summed E-state index contributed by atoms with van der Waals surface area (Å²) in [6.45, 7) is -0.599. The van der Waals surface area contributed by atoms with Crippen molar-refractivity contribution < 1.29 is 26.0 Å². The molecule has 0 fully saturated rings. The highest BCUT2D eigenvalue weighted by Crippen LogP contribution is 2.20. The molecule has 21 heavy (non-hydrogen) atoms. The first-order valence-corrected chi connectivity index (χ1v) is 7.39. The van der Waals surface area contributed by atoms with Crippen LogP contribution in [0.25, 0.3) is 0 Å². The molecular weight excluding hydrogens is 314 g/mol. The summed E-state index contributed by atoms with van der Waals surface area (Å²) in [7, 11) is -3.56. The zero-order chi connectivity index (χ0) is 15.8. The van der Waals surface area contributed by atoms with Crippen LogP contribution in [-0.4, -0.2) is 24.5 Å². The highest BCUT2D eigenvalue weighted by Gasteiger charge is 2.19. The first-order valence-electron chi connectivity index (χ1n) is 5.50. The van der Waals surface area contributed by atoms with E-state index in [0.717, 1.165) is 10.9 Å². The molecule has 2 aromatic rings. The summed E-state index contributed by atoms with van der Waals surface area (Å²) in [5.74, 6) is -6.18. The smallest absolute Gasteiger partial charge is 0.231 e. The summed E-state index contributed by atoms with van der Waals surface area (Å²) in [4.78, 5) is 0. The van der Waals surface area contributed by atoms with Crippen LogP contribution in [-0.2, 0) is 16.6 Å². The van der Waals surface area contributed by atoms with Crippen LogP contribution in [0.1, 0.15) is 5.56 Å². The minimum atomic E-state index is -3.56. The summed E-state index contributed by atoms with van der Waals surface area (Å²) in [6, 6.07) is 1.33. The Labute approximate surface area is 117 Å². The van der Waals surface area contributed by atoms with E-state index in [9.17, 15) is 26.0 Å². The molecule has 1 N–H and O–H groups in total. The molecule has 1 aromatic carbocycles. The number of nitrogens with zero attached hydrogens (tertiary/aromatic N) is 2. The number of rotatable bonds is 4. The van der Waals surface area contributed by atoms with Crippen molar-refractivity contribution in [2.75, 3.05) is 11.0 Å². The largest absolute Gasteiger partial charge is 0.266 e. The van der Waals surface area contributed by atoms with E-state index in [4.69, 9.17) is 0 Å². The lowest BCUT2D eigenvalue weighted by atomic mass is 10.2. The Hall–Kier alpha value is -2.10. The molecule has 10 heteroatoms. The van der Waals surface area contributed by atoms with Gasteiger partial charge in [0, 0.05) is 18.3 Å². The maximum absolute atomic E-state index is 13.5. The van der Waals surface area contributed by atoms with Crippen LogP contribution in [0.4, 0.5) is 23.4 Å². The molecule has 0 bridgehead atoms. The fourth-order valence-electron chi connectivity index (χ4n) is 1.62. The molecule has 0 aliphatic rings. The number of benzene rings is 1. The molecule has 0 atom stereocenters. The molecule has 114 valence electrons. The number of hydrogen-bond acceptors (Lipinski definition) is 3. The first-order chi connectivity index (χ1) is 9.67. The van der Waals surface area contributed by atoms with Gasteiger partial charge in [-0.25, -0.2) is 26.0 Å². The average Bonchev–Trinajstić information content (AvgIpc) is 2.77. The van der Waals surface area contributed by atoms with Crippen LogP contribution in [0.3, 0.4) is 0 Å². The number of anilines is 1. The van der Waals surface area contributed by atoms with Crippen molar-refractivity contribution in [1.82, 2.24) is 9.78 Å². The number of sulfonamides is 1. The maximum Gasteiger partial charge on any atom is 0.231 e. The fourth-order valence-corrected chi connectivity index (χ4v) is 2.11. The standard InChI is InChI=1S/C11H9F4N3O2S/c1-21(19,20)17-9-2-3-18(16-9)5-6-10(14)7(12)4-8(13)11(6)15/h2-4H,5H2,1H3,(H,16,17). The van der Waals surface area contributed by atoms with Gasteiger partial charge in [-0.15, -0.1) is 0 Å². The molecule has 0 spiro atoms. The molecule has 2 rings (SSSR count). The summed E-state index contributed by atoms with van der Waals surface area (Å²) < 4.78 is 78.0. The van der Waals surface area contributed by atoms with E-state index in [1.165, 1.54) is 12.3 Å². The average molecular weight is 323 g/mol. The van der Waals surface area contributed by atoms with Crippen molar-refractivity contribution >= 4 is 15.8 Å². The van der Waals surface area contributed by atoms with Gasteiger partial charge in [0.2, 0.25) is 10.0 Å². The highest BCUT2D eigenvalue weighted by molar-refractivity contribution is 7.92. The third-order valence-electron chi connectivity index (χ3n) is 2.45. The van der Waals surface area contributed by atoms with Crippen molar-refractivity contribution in [3.05, 3.63) is 47.2 Å². The molecule has 0 aliphatic carbocycles. The predicted octanol–water partition coefficient (Wildman–Crippen LogP) is 1.86. The molecule has 0 saturated heterocycles. The van der Waals surface area contributed by atoms with Gasteiger partial charge in [-0.05, 0) is 0 Å². The lowest BCUT2D eigenvalue weighted by molar-refractivity contribution is 0.431. The van der Waals surface area contributed by atoms with Crippen molar-refractivity contribution in [2.45, 2.75) is 6.54 Å². The van der Waals surface area contributed by atoms with Gasteiger partial charge in [0.1, 0.15) is 0 Å². The molecular formula is C11H9F4N3O2S. The second-order valence-electron chi connectivity index (χ2n) is 4.22. The lowest BCUT2D eigenvalue weighted by Gasteiger charge is -2.07. The zero-order valence-corrected chi connectivity index (χ0v) is 11.4. The molecule has 1 heterocycles. The van der Waals surface area contributed by atoms with Crippen LogP contribution in [0.15, 0.2) is 18.3 Å². The normalized spacial score (nSPS) is 11.7. The van der Waals surface area contributed by atoms with Crippen LogP contribution < -0.4 is 4.72 Å². The third kappa shape index (κ3) is 3.51. The zero-order valence-electron chi connectivity index (χ0n) is 10.6. The van der Waals surface area contributed by atoms with Crippen LogP contribution in [0.2, 0.25) is 0 Å². The van der Waals surface area contributed by atoms with E-state index in [-0.39, 0.29) is 11.9 Å². The SMILES string of the molecule is CS(=O)(=O)Nc1ccn(Cc2c(F)c(F)cc(F)c2F)n1. The quantitative estimate of drug-likeness (QED) is 0.690. The summed E-state index contributed by atoms with van der Waals surface area (Å²) >= 11 is 0. The Morgan fingerprint density at radius 2 is 1.76 bits per heavy atom. The predicted molar refractivity (Wildman–Crippen MR) is 66.1 cm³/mol. The van der Waals surface area contributed by atoms with Crippen molar-refractivity contribution in [3.8, 4) is 0 Å². The van der Waals surface area contributed by atoms with E-state index in [2.05, 4.69) is 5.10 Å². The Kier molecular flexibility index (Phi) is 3.90. The lowest BCUT2D eigenvalue weighted by Crippen LogP contribution is -2.12. The van der Waals surface area contributed by atoms with Crippen LogP contribution >= 0.6 is 0 Å². The van der Waals surface area contributed by atoms with Crippen molar-refractivity contribution in [3.63, 3.8) is 0 Å². The summed E-state index contributed by atoms with van der Waals surface area (Å²) in [5, 5.41) is 3.68. The van der Waals surface area contributed by atoms with Gasteiger partial charge in [0.05, 0.1) is 18.4 Å². The van der Waals surface area contributed by atoms with Crippen LogP contribution in [0.5, 0.6) is 0 Å². The monoisotopic (exact) mass is 323 g/mol. The molecule has 0 unspecified atom stereocenters. The second kappa shape index (κ2) is 5.35. The molecule has 0 amide bonds. The van der Waals surface area contributed by atoms with Crippen molar-refractivity contribution in [2.24, 2.45) is 0 Å². The first kappa shape index (κ1) is 15.3.